The number of nitrogens with one attached hydrogen (secondary N) is 1. The normalized spacial score (nSPS) is 20.9. The van der Waals surface area contributed by atoms with E-state index < -0.39 is 0 Å². The first kappa shape index (κ1) is 19.6. The maximum Gasteiger partial charge on any atom is 0.236 e. The average Bonchev–Trinajstić information content (AvgIpc) is 3.00. The molecule has 0 radical (unpaired) electrons. The van der Waals surface area contributed by atoms with Crippen molar-refractivity contribution >= 4 is 45.7 Å². The van der Waals surface area contributed by atoms with Gasteiger partial charge in [0.05, 0.1) is 28.7 Å². The van der Waals surface area contributed by atoms with Gasteiger partial charge in [-0.3, -0.25) is 9.69 Å². The molecule has 8 heteroatoms. The van der Waals surface area contributed by atoms with Gasteiger partial charge in [0.15, 0.2) is 5.13 Å². The number of amides is 1. The van der Waals surface area contributed by atoms with Gasteiger partial charge < -0.3 is 10.1 Å². The lowest BCUT2D eigenvalue weighted by Gasteiger charge is -2.34. The first-order chi connectivity index (χ1) is 12.5. The van der Waals surface area contributed by atoms with Crippen LogP contribution in [0.3, 0.4) is 0 Å². The van der Waals surface area contributed by atoms with Gasteiger partial charge in [0.2, 0.25) is 5.91 Å². The Morgan fingerprint density at radius 1 is 1.38 bits per heavy atom. The number of anilines is 1. The second-order valence-corrected chi connectivity index (χ2v) is 8.65. The van der Waals surface area contributed by atoms with Crippen molar-refractivity contribution in [2.75, 3.05) is 24.2 Å². The highest BCUT2D eigenvalue weighted by Gasteiger charge is 2.22. The smallest absolute Gasteiger partial charge is 0.236 e. The van der Waals surface area contributed by atoms with Crippen molar-refractivity contribution in [1.29, 1.82) is 0 Å². The van der Waals surface area contributed by atoms with Gasteiger partial charge in [-0.2, -0.15) is 0 Å². The van der Waals surface area contributed by atoms with Gasteiger partial charge >= 0.3 is 0 Å². The van der Waals surface area contributed by atoms with E-state index in [0.29, 0.717) is 15.9 Å². The van der Waals surface area contributed by atoms with Crippen LogP contribution in [0.4, 0.5) is 5.13 Å². The second kappa shape index (κ2) is 9.19. The highest BCUT2D eigenvalue weighted by atomic mass is 35.5. The predicted molar refractivity (Wildman–Crippen MR) is 108 cm³/mol. The number of aromatic nitrogens is 1. The van der Waals surface area contributed by atoms with Crippen molar-refractivity contribution in [3.8, 4) is 0 Å². The molecule has 1 aromatic carbocycles. The lowest BCUT2D eigenvalue weighted by atomic mass is 10.2. The number of thioether (sulfide) groups is 1. The fraction of sp³-hybridized carbons (Fsp3) is 0.444. The molecule has 1 N–H and O–H groups in total. The lowest BCUT2D eigenvalue weighted by Crippen LogP contribution is -2.44. The molecule has 1 saturated heterocycles. The molecule has 0 saturated carbocycles. The molecule has 2 aromatic rings. The molecular weight excluding hydrogens is 390 g/mol. The summed E-state index contributed by atoms with van der Waals surface area (Å²) < 4.78 is 5.76. The molecular formula is C18H22ClN3O2S2. The molecule has 2 atom stereocenters. The van der Waals surface area contributed by atoms with Gasteiger partial charge in [0, 0.05) is 29.9 Å². The summed E-state index contributed by atoms with van der Waals surface area (Å²) in [6, 6.07) is 7.51. The number of carbonyl (C=O) groups excluding carboxylic acids is 1. The number of hydrogen-bond donors (Lipinski definition) is 1. The zero-order valence-electron chi connectivity index (χ0n) is 14.8. The Morgan fingerprint density at radius 3 is 2.85 bits per heavy atom. The molecule has 0 bridgehead atoms. The molecule has 26 heavy (non-hydrogen) atoms. The van der Waals surface area contributed by atoms with Crippen LogP contribution in [0.1, 0.15) is 19.5 Å². The van der Waals surface area contributed by atoms with Gasteiger partial charge in [-0.15, -0.1) is 23.1 Å². The van der Waals surface area contributed by atoms with Crippen LogP contribution in [0, 0.1) is 0 Å². The Balaban J connectivity index is 1.48. The lowest BCUT2D eigenvalue weighted by molar-refractivity contribution is -0.113. The van der Waals surface area contributed by atoms with Crippen LogP contribution in [0.25, 0.3) is 0 Å². The van der Waals surface area contributed by atoms with E-state index in [1.165, 1.54) is 23.1 Å². The van der Waals surface area contributed by atoms with Crippen molar-refractivity contribution in [3.63, 3.8) is 0 Å². The quantitative estimate of drug-likeness (QED) is 0.724. The molecule has 1 aliphatic heterocycles. The third-order valence-electron chi connectivity index (χ3n) is 3.87. The summed E-state index contributed by atoms with van der Waals surface area (Å²) in [5.74, 6) is 0.223. The number of carbonyl (C=O) groups is 1. The third-order valence-corrected chi connectivity index (χ3v) is 6.20. The number of rotatable bonds is 6. The van der Waals surface area contributed by atoms with Crippen molar-refractivity contribution < 1.29 is 9.53 Å². The Hall–Kier alpha value is -1.12. The summed E-state index contributed by atoms with van der Waals surface area (Å²) in [6.07, 6.45) is 0.469. The molecule has 1 aromatic heterocycles. The SMILES string of the molecule is CC1CN(Cc2csc(NC(=O)CSc3ccccc3Cl)n2)CC(C)O1. The summed E-state index contributed by atoms with van der Waals surface area (Å²) in [4.78, 5) is 19.9. The summed E-state index contributed by atoms with van der Waals surface area (Å²) in [6.45, 7) is 6.76. The van der Waals surface area contributed by atoms with Gasteiger partial charge in [0.1, 0.15) is 0 Å². The molecule has 1 aliphatic rings. The number of thiazole rings is 1. The number of nitrogens with zero attached hydrogens (tertiary/aromatic N) is 2. The monoisotopic (exact) mass is 411 g/mol. The summed E-state index contributed by atoms with van der Waals surface area (Å²) in [5.41, 5.74) is 0.977. The molecule has 140 valence electrons. The van der Waals surface area contributed by atoms with Gasteiger partial charge in [-0.1, -0.05) is 23.7 Å². The predicted octanol–water partition coefficient (Wildman–Crippen LogP) is 4.14. The van der Waals surface area contributed by atoms with E-state index in [2.05, 4.69) is 29.0 Å². The number of ether oxygens (including phenoxy) is 1. The fourth-order valence-corrected chi connectivity index (χ4v) is 4.70. The minimum absolute atomic E-state index is 0.0792. The van der Waals surface area contributed by atoms with E-state index in [-0.39, 0.29) is 18.1 Å². The Morgan fingerprint density at radius 2 is 2.12 bits per heavy atom. The molecule has 3 rings (SSSR count). The summed E-state index contributed by atoms with van der Waals surface area (Å²) in [5, 5.41) is 6.17. The van der Waals surface area contributed by atoms with Gasteiger partial charge in [0.25, 0.3) is 0 Å². The molecule has 2 unspecified atom stereocenters. The molecule has 0 aliphatic carbocycles. The Labute approximate surface area is 167 Å². The van der Waals surface area contributed by atoms with E-state index in [0.717, 1.165) is 30.2 Å². The molecule has 1 fully saturated rings. The highest BCUT2D eigenvalue weighted by molar-refractivity contribution is 8.00. The first-order valence-electron chi connectivity index (χ1n) is 8.49. The van der Waals surface area contributed by atoms with Crippen LogP contribution < -0.4 is 5.32 Å². The van der Waals surface area contributed by atoms with E-state index in [1.807, 2.05) is 29.6 Å². The van der Waals surface area contributed by atoms with E-state index in [9.17, 15) is 4.79 Å². The van der Waals surface area contributed by atoms with Crippen LogP contribution in [-0.4, -0.2) is 46.8 Å². The largest absolute Gasteiger partial charge is 0.373 e. The fourth-order valence-electron chi connectivity index (χ4n) is 2.94. The Kier molecular flexibility index (Phi) is 6.94. The molecule has 2 heterocycles. The van der Waals surface area contributed by atoms with Gasteiger partial charge in [-0.05, 0) is 26.0 Å². The number of morpholine rings is 1. The number of benzene rings is 1. The number of hydrogen-bond acceptors (Lipinski definition) is 6. The summed E-state index contributed by atoms with van der Waals surface area (Å²) >= 11 is 8.99. The van der Waals surface area contributed by atoms with E-state index >= 15 is 0 Å². The first-order valence-corrected chi connectivity index (χ1v) is 10.7. The zero-order chi connectivity index (χ0) is 18.5. The van der Waals surface area contributed by atoms with Crippen LogP contribution in [0.5, 0.6) is 0 Å². The zero-order valence-corrected chi connectivity index (χ0v) is 17.2. The van der Waals surface area contributed by atoms with Crippen molar-refractivity contribution in [3.05, 3.63) is 40.4 Å². The minimum Gasteiger partial charge on any atom is -0.373 e. The number of halogens is 1. The maximum atomic E-state index is 12.1. The van der Waals surface area contributed by atoms with Crippen LogP contribution >= 0.6 is 34.7 Å². The van der Waals surface area contributed by atoms with Crippen molar-refractivity contribution in [2.24, 2.45) is 0 Å². The standard InChI is InChI=1S/C18H22ClN3O2S2/c1-12-7-22(8-13(2)24-12)9-14-10-26-18(20-14)21-17(23)11-25-16-6-4-3-5-15(16)19/h3-6,10,12-13H,7-9,11H2,1-2H3,(H,20,21,23). The van der Waals surface area contributed by atoms with E-state index in [4.69, 9.17) is 16.3 Å². The van der Waals surface area contributed by atoms with E-state index in [1.54, 1.807) is 0 Å². The average molecular weight is 412 g/mol. The van der Waals surface area contributed by atoms with Crippen LogP contribution in [-0.2, 0) is 16.1 Å². The van der Waals surface area contributed by atoms with Gasteiger partial charge in [-0.25, -0.2) is 4.98 Å². The molecule has 1 amide bonds. The highest BCUT2D eigenvalue weighted by Crippen LogP contribution is 2.27. The Bertz CT molecular complexity index is 746. The second-order valence-electron chi connectivity index (χ2n) is 6.36. The molecule has 0 spiro atoms. The maximum absolute atomic E-state index is 12.1. The topological polar surface area (TPSA) is 54.5 Å². The summed E-state index contributed by atoms with van der Waals surface area (Å²) in [7, 11) is 0. The minimum atomic E-state index is -0.0792. The van der Waals surface area contributed by atoms with Crippen LogP contribution in [0.2, 0.25) is 5.02 Å². The van der Waals surface area contributed by atoms with Crippen molar-refractivity contribution in [1.82, 2.24) is 9.88 Å². The van der Waals surface area contributed by atoms with Crippen LogP contribution in [0.15, 0.2) is 34.5 Å². The van der Waals surface area contributed by atoms with Crippen molar-refractivity contribution in [2.45, 2.75) is 37.5 Å². The molecule has 5 nitrogen and oxygen atoms in total. The third kappa shape index (κ3) is 5.69.